The Hall–Kier alpha value is -2.20. The van der Waals surface area contributed by atoms with Crippen LogP contribution in [0.15, 0.2) is 6.20 Å². The van der Waals surface area contributed by atoms with Gasteiger partial charge in [-0.05, 0) is 0 Å². The van der Waals surface area contributed by atoms with Gasteiger partial charge in [-0.3, -0.25) is 0 Å². The molecule has 1 N–H and O–H groups in total. The van der Waals surface area contributed by atoms with Crippen molar-refractivity contribution in [2.45, 2.75) is 12.5 Å². The lowest BCUT2D eigenvalue weighted by molar-refractivity contribution is -0.276. The predicted molar refractivity (Wildman–Crippen MR) is 48.9 cm³/mol. The average Bonchev–Trinajstić information content (AvgIpc) is 2.24. The first-order valence-electron chi connectivity index (χ1n) is 4.60. The quantitative estimate of drug-likeness (QED) is 0.671. The second-order valence-corrected chi connectivity index (χ2v) is 3.23. The van der Waals surface area contributed by atoms with Gasteiger partial charge >= 0.3 is 18.5 Å². The molecule has 1 aromatic rings. The molecule has 1 rings (SSSR count). The third-order valence-electron chi connectivity index (χ3n) is 1.91. The molecule has 0 saturated heterocycles. The molecule has 0 fully saturated rings. The van der Waals surface area contributed by atoms with E-state index in [2.05, 4.69) is 14.5 Å². The van der Waals surface area contributed by atoms with Gasteiger partial charge in [-0.2, -0.15) is 13.2 Å². The minimum Gasteiger partial charge on any atom is -0.505 e. The lowest BCUT2D eigenvalue weighted by atomic mass is 10.1. The largest absolute Gasteiger partial charge is 0.573 e. The third-order valence-corrected chi connectivity index (χ3v) is 1.91. The van der Waals surface area contributed by atoms with Crippen molar-refractivity contribution < 1.29 is 45.7 Å². The second kappa shape index (κ2) is 5.06. The van der Waals surface area contributed by atoms with Crippen LogP contribution in [-0.4, -0.2) is 29.5 Å². The second-order valence-electron chi connectivity index (χ2n) is 3.23. The van der Waals surface area contributed by atoms with E-state index in [-0.39, 0.29) is 6.20 Å². The van der Waals surface area contributed by atoms with Crippen molar-refractivity contribution in [2.75, 3.05) is 7.11 Å². The number of pyridine rings is 1. The van der Waals surface area contributed by atoms with Crippen molar-refractivity contribution in [1.29, 1.82) is 0 Å². The van der Waals surface area contributed by atoms with E-state index in [1.165, 1.54) is 0 Å². The molecule has 0 saturated carbocycles. The maximum atomic E-state index is 12.6. The van der Waals surface area contributed by atoms with E-state index >= 15 is 0 Å². The summed E-state index contributed by atoms with van der Waals surface area (Å²) in [6.45, 7) is 0. The van der Waals surface area contributed by atoms with Crippen LogP contribution in [0.4, 0.5) is 26.3 Å². The highest BCUT2D eigenvalue weighted by molar-refractivity contribution is 5.91. The van der Waals surface area contributed by atoms with Crippen LogP contribution in [0.3, 0.4) is 0 Å². The summed E-state index contributed by atoms with van der Waals surface area (Å²) in [4.78, 5) is 14.0. The minimum absolute atomic E-state index is 0.0162. The molecule has 20 heavy (non-hydrogen) atoms. The van der Waals surface area contributed by atoms with E-state index in [0.29, 0.717) is 0 Å². The number of esters is 1. The maximum Gasteiger partial charge on any atom is 0.573 e. The van der Waals surface area contributed by atoms with Gasteiger partial charge in [0.05, 0.1) is 13.3 Å². The number of rotatable bonds is 2. The zero-order valence-electron chi connectivity index (χ0n) is 9.46. The Labute approximate surface area is 106 Å². The maximum absolute atomic E-state index is 12.6. The first kappa shape index (κ1) is 15.9. The van der Waals surface area contributed by atoms with Gasteiger partial charge < -0.3 is 14.6 Å². The summed E-state index contributed by atoms with van der Waals surface area (Å²) >= 11 is 0. The van der Waals surface area contributed by atoms with E-state index < -0.39 is 41.3 Å². The molecule has 0 bridgehead atoms. The number of alkyl halides is 6. The van der Waals surface area contributed by atoms with E-state index in [9.17, 15) is 36.2 Å². The van der Waals surface area contributed by atoms with E-state index in [1.54, 1.807) is 0 Å². The van der Waals surface area contributed by atoms with E-state index in [4.69, 9.17) is 0 Å². The fraction of sp³-hybridized carbons (Fsp3) is 0.333. The Morgan fingerprint density at radius 2 is 1.80 bits per heavy atom. The molecular formula is C9H5F6NO4. The Bertz CT molecular complexity index is 524. The molecule has 0 atom stereocenters. The number of hydrogen-bond donors (Lipinski definition) is 1. The molecule has 0 aromatic carbocycles. The number of carbonyl (C=O) groups is 1. The van der Waals surface area contributed by atoms with Gasteiger partial charge in [-0.25, -0.2) is 9.78 Å². The van der Waals surface area contributed by atoms with Gasteiger partial charge in [-0.1, -0.05) is 0 Å². The SMILES string of the molecule is COC(=O)c1ncc(OC(F)(F)F)c(C(F)(F)F)c1O. The van der Waals surface area contributed by atoms with Gasteiger partial charge in [-0.15, -0.1) is 13.2 Å². The predicted octanol–water partition coefficient (Wildman–Crippen LogP) is 2.49. The van der Waals surface area contributed by atoms with Gasteiger partial charge in [0.25, 0.3) is 0 Å². The smallest absolute Gasteiger partial charge is 0.505 e. The molecule has 0 aliphatic heterocycles. The van der Waals surface area contributed by atoms with Gasteiger partial charge in [0, 0.05) is 0 Å². The Balaban J connectivity index is 3.49. The molecule has 0 radical (unpaired) electrons. The van der Waals surface area contributed by atoms with Crippen molar-refractivity contribution in [1.82, 2.24) is 4.98 Å². The Morgan fingerprint density at radius 3 is 2.20 bits per heavy atom. The van der Waals surface area contributed by atoms with Crippen LogP contribution in [0.1, 0.15) is 16.1 Å². The molecular weight excluding hydrogens is 300 g/mol. The van der Waals surface area contributed by atoms with Crippen LogP contribution in [0, 0.1) is 0 Å². The number of hydrogen-bond acceptors (Lipinski definition) is 5. The summed E-state index contributed by atoms with van der Waals surface area (Å²) in [5.74, 6) is -5.05. The molecule has 112 valence electrons. The van der Waals surface area contributed by atoms with Crippen LogP contribution >= 0.6 is 0 Å². The van der Waals surface area contributed by atoms with E-state index in [0.717, 1.165) is 7.11 Å². The highest BCUT2D eigenvalue weighted by Crippen LogP contribution is 2.44. The number of carbonyl (C=O) groups excluding carboxylic acids is 1. The topological polar surface area (TPSA) is 68.7 Å². The summed E-state index contributed by atoms with van der Waals surface area (Å²) in [5, 5.41) is 9.27. The number of ether oxygens (including phenoxy) is 2. The normalized spacial score (nSPS) is 12.2. The van der Waals surface area contributed by atoms with Crippen LogP contribution in [0.5, 0.6) is 11.5 Å². The van der Waals surface area contributed by atoms with Gasteiger partial charge in [0.2, 0.25) is 0 Å². The minimum atomic E-state index is -5.43. The summed E-state index contributed by atoms with van der Waals surface area (Å²) in [6.07, 6.45) is -10.8. The van der Waals surface area contributed by atoms with Gasteiger partial charge in [0.15, 0.2) is 17.2 Å². The molecule has 1 heterocycles. The number of nitrogens with zero attached hydrogens (tertiary/aromatic N) is 1. The number of aromatic nitrogens is 1. The number of methoxy groups -OCH3 is 1. The van der Waals surface area contributed by atoms with Crippen molar-refractivity contribution in [3.05, 3.63) is 17.5 Å². The third kappa shape index (κ3) is 3.42. The monoisotopic (exact) mass is 305 g/mol. The van der Waals surface area contributed by atoms with Crippen molar-refractivity contribution in [3.8, 4) is 11.5 Å². The fourth-order valence-electron chi connectivity index (χ4n) is 1.21. The fourth-order valence-corrected chi connectivity index (χ4v) is 1.21. The van der Waals surface area contributed by atoms with Crippen molar-refractivity contribution in [2.24, 2.45) is 0 Å². The Kier molecular flexibility index (Phi) is 4.01. The van der Waals surface area contributed by atoms with Crippen LogP contribution in [0.2, 0.25) is 0 Å². The van der Waals surface area contributed by atoms with Crippen molar-refractivity contribution >= 4 is 5.97 Å². The van der Waals surface area contributed by atoms with Crippen LogP contribution in [-0.2, 0) is 10.9 Å². The summed E-state index contributed by atoms with van der Waals surface area (Å²) in [5.41, 5.74) is -3.36. The van der Waals surface area contributed by atoms with E-state index in [1.807, 2.05) is 0 Å². The lowest BCUT2D eigenvalue weighted by Crippen LogP contribution is -2.21. The average molecular weight is 305 g/mol. The number of aromatic hydroxyl groups is 1. The molecule has 11 heteroatoms. The highest BCUT2D eigenvalue weighted by atomic mass is 19.4. The zero-order chi connectivity index (χ0) is 15.7. The molecule has 0 amide bonds. The molecule has 0 aliphatic carbocycles. The van der Waals surface area contributed by atoms with Crippen molar-refractivity contribution in [3.63, 3.8) is 0 Å². The highest BCUT2D eigenvalue weighted by Gasteiger charge is 2.43. The first-order chi connectivity index (χ1) is 8.97. The molecule has 5 nitrogen and oxygen atoms in total. The van der Waals surface area contributed by atoms with Crippen LogP contribution < -0.4 is 4.74 Å². The molecule has 0 spiro atoms. The first-order valence-corrected chi connectivity index (χ1v) is 4.60. The number of halogens is 6. The molecule has 0 unspecified atom stereocenters. The molecule has 0 aliphatic rings. The van der Waals surface area contributed by atoms with Gasteiger partial charge in [0.1, 0.15) is 5.56 Å². The summed E-state index contributed by atoms with van der Waals surface area (Å²) in [6, 6.07) is 0. The standard InChI is InChI=1S/C9H5F6NO4/c1-19-7(18)5-6(17)4(8(10,11)12)3(2-16-5)20-9(13,14)15/h2,17H,1H3. The van der Waals surface area contributed by atoms with Crippen LogP contribution in [0.25, 0.3) is 0 Å². The summed E-state index contributed by atoms with van der Waals surface area (Å²) < 4.78 is 81.0. The molecule has 1 aromatic heterocycles. The lowest BCUT2D eigenvalue weighted by Gasteiger charge is -2.16. The Morgan fingerprint density at radius 1 is 1.25 bits per heavy atom. The summed E-state index contributed by atoms with van der Waals surface area (Å²) in [7, 11) is 0.789. The zero-order valence-corrected chi connectivity index (χ0v) is 9.46.